The number of phenolic OH excluding ortho intramolecular Hbond substituents is 1. The lowest BCUT2D eigenvalue weighted by Gasteiger charge is -2.25. The van der Waals surface area contributed by atoms with E-state index in [9.17, 15) is 9.90 Å². The maximum absolute atomic E-state index is 11.0. The van der Waals surface area contributed by atoms with E-state index in [0.29, 0.717) is 11.0 Å². The van der Waals surface area contributed by atoms with Gasteiger partial charge >= 0.3 is 0 Å². The van der Waals surface area contributed by atoms with E-state index in [2.05, 4.69) is 15.9 Å². The Morgan fingerprint density at radius 2 is 2.18 bits per heavy atom. The van der Waals surface area contributed by atoms with Crippen LogP contribution in [0, 0.1) is 0 Å². The van der Waals surface area contributed by atoms with E-state index in [0.717, 1.165) is 5.56 Å². The first-order valence-corrected chi connectivity index (χ1v) is 6.19. The van der Waals surface area contributed by atoms with Gasteiger partial charge in [0, 0.05) is 12.6 Å². The highest BCUT2D eigenvalue weighted by atomic mass is 79.9. The first-order chi connectivity index (χ1) is 7.90. The summed E-state index contributed by atoms with van der Waals surface area (Å²) in [6.07, 6.45) is 0. The summed E-state index contributed by atoms with van der Waals surface area (Å²) < 4.78 is 0.651. The molecule has 1 aromatic carbocycles. The van der Waals surface area contributed by atoms with Crippen molar-refractivity contribution >= 4 is 21.8 Å². The smallest absolute Gasteiger partial charge is 0.231 e. The molecule has 0 saturated heterocycles. The Bertz CT molecular complexity index is 407. The molecule has 0 heterocycles. The van der Waals surface area contributed by atoms with Crippen molar-refractivity contribution in [2.45, 2.75) is 26.4 Å². The van der Waals surface area contributed by atoms with Crippen LogP contribution < -0.4 is 5.73 Å². The third-order valence-electron chi connectivity index (χ3n) is 2.49. The number of halogens is 1. The van der Waals surface area contributed by atoms with Crippen molar-refractivity contribution in [3.8, 4) is 5.75 Å². The third-order valence-corrected chi connectivity index (χ3v) is 3.12. The zero-order valence-electron chi connectivity index (χ0n) is 9.98. The lowest BCUT2D eigenvalue weighted by atomic mass is 10.2. The van der Waals surface area contributed by atoms with Crippen LogP contribution in [0.2, 0.25) is 0 Å². The van der Waals surface area contributed by atoms with Gasteiger partial charge in [-0.2, -0.15) is 0 Å². The number of hydrogen-bond acceptors (Lipinski definition) is 3. The number of phenols is 1. The van der Waals surface area contributed by atoms with E-state index in [1.165, 1.54) is 0 Å². The highest BCUT2D eigenvalue weighted by Crippen LogP contribution is 2.25. The first-order valence-electron chi connectivity index (χ1n) is 5.40. The Labute approximate surface area is 110 Å². The van der Waals surface area contributed by atoms with Gasteiger partial charge in [0.05, 0.1) is 11.0 Å². The highest BCUT2D eigenvalue weighted by molar-refractivity contribution is 9.10. The minimum absolute atomic E-state index is 0.208. The van der Waals surface area contributed by atoms with Crippen molar-refractivity contribution in [3.63, 3.8) is 0 Å². The number of nitrogens with zero attached hydrogens (tertiary/aromatic N) is 1. The quantitative estimate of drug-likeness (QED) is 0.872. The number of carbonyl (C=O) groups is 1. The van der Waals surface area contributed by atoms with E-state index in [1.807, 2.05) is 30.9 Å². The number of rotatable bonds is 5. The molecule has 0 fully saturated rings. The molecule has 0 aromatic heterocycles. The van der Waals surface area contributed by atoms with Crippen molar-refractivity contribution in [1.29, 1.82) is 0 Å². The van der Waals surface area contributed by atoms with Crippen LogP contribution in [-0.2, 0) is 11.3 Å². The van der Waals surface area contributed by atoms with Crippen LogP contribution in [0.25, 0.3) is 0 Å². The van der Waals surface area contributed by atoms with Crippen LogP contribution in [0.15, 0.2) is 22.7 Å². The molecule has 0 aliphatic rings. The molecule has 1 rings (SSSR count). The summed E-state index contributed by atoms with van der Waals surface area (Å²) in [5.41, 5.74) is 6.23. The van der Waals surface area contributed by atoms with Crippen molar-refractivity contribution < 1.29 is 9.90 Å². The number of primary amides is 1. The van der Waals surface area contributed by atoms with Crippen LogP contribution in [-0.4, -0.2) is 28.5 Å². The predicted molar refractivity (Wildman–Crippen MR) is 70.5 cm³/mol. The fourth-order valence-corrected chi connectivity index (χ4v) is 1.93. The Morgan fingerprint density at radius 1 is 1.53 bits per heavy atom. The molecule has 0 bridgehead atoms. The molecule has 5 heteroatoms. The number of nitrogens with two attached hydrogens (primary N) is 1. The van der Waals surface area contributed by atoms with E-state index < -0.39 is 0 Å². The third kappa shape index (κ3) is 4.36. The predicted octanol–water partition coefficient (Wildman–Crippen LogP) is 1.85. The molecule has 0 atom stereocenters. The Morgan fingerprint density at radius 3 is 2.65 bits per heavy atom. The molecule has 0 aliphatic heterocycles. The lowest BCUT2D eigenvalue weighted by molar-refractivity contribution is -0.119. The fraction of sp³-hybridized carbons (Fsp3) is 0.417. The molecular formula is C12H17BrN2O2. The molecule has 4 nitrogen and oxygen atoms in total. The molecule has 0 saturated carbocycles. The zero-order chi connectivity index (χ0) is 13.0. The zero-order valence-corrected chi connectivity index (χ0v) is 11.6. The number of carbonyl (C=O) groups excluding carboxylic acids is 1. The minimum Gasteiger partial charge on any atom is -0.507 e. The summed E-state index contributed by atoms with van der Waals surface area (Å²) in [7, 11) is 0. The summed E-state index contributed by atoms with van der Waals surface area (Å²) in [6.45, 7) is 4.88. The summed E-state index contributed by atoms with van der Waals surface area (Å²) in [5.74, 6) is -0.128. The van der Waals surface area contributed by atoms with Gasteiger partial charge < -0.3 is 10.8 Å². The van der Waals surface area contributed by atoms with E-state index >= 15 is 0 Å². The van der Waals surface area contributed by atoms with Crippen LogP contribution in [0.5, 0.6) is 5.75 Å². The lowest BCUT2D eigenvalue weighted by Crippen LogP contribution is -2.37. The van der Waals surface area contributed by atoms with Crippen molar-refractivity contribution in [3.05, 3.63) is 28.2 Å². The number of hydrogen-bond donors (Lipinski definition) is 2. The molecule has 94 valence electrons. The van der Waals surface area contributed by atoms with Crippen molar-refractivity contribution in [2.24, 2.45) is 5.73 Å². The normalized spacial score (nSPS) is 11.1. The maximum atomic E-state index is 11.0. The fourth-order valence-electron chi connectivity index (χ4n) is 1.50. The maximum Gasteiger partial charge on any atom is 0.231 e. The molecule has 0 radical (unpaired) electrons. The Balaban J connectivity index is 2.78. The summed E-state index contributed by atoms with van der Waals surface area (Å²) in [4.78, 5) is 12.9. The molecule has 1 amide bonds. The van der Waals surface area contributed by atoms with Crippen molar-refractivity contribution in [1.82, 2.24) is 4.90 Å². The molecule has 0 aliphatic carbocycles. The summed E-state index contributed by atoms with van der Waals surface area (Å²) in [5, 5.41) is 9.40. The first kappa shape index (κ1) is 14.0. The van der Waals surface area contributed by atoms with Gasteiger partial charge in [0.25, 0.3) is 0 Å². The Kier molecular flexibility index (Phi) is 4.96. The minimum atomic E-state index is -0.337. The summed E-state index contributed by atoms with van der Waals surface area (Å²) in [6, 6.07) is 5.53. The van der Waals surface area contributed by atoms with Gasteiger partial charge in [0.2, 0.25) is 5.91 Å². The van der Waals surface area contributed by atoms with Crippen LogP contribution >= 0.6 is 15.9 Å². The average Bonchev–Trinajstić information content (AvgIpc) is 2.21. The Hall–Kier alpha value is -1.07. The molecule has 17 heavy (non-hydrogen) atoms. The second-order valence-corrected chi connectivity index (χ2v) is 5.11. The number of benzene rings is 1. The number of aromatic hydroxyl groups is 1. The van der Waals surface area contributed by atoms with Gasteiger partial charge in [-0.1, -0.05) is 6.07 Å². The van der Waals surface area contributed by atoms with Crippen LogP contribution in [0.4, 0.5) is 0 Å². The average molecular weight is 301 g/mol. The van der Waals surface area contributed by atoms with Gasteiger partial charge in [-0.25, -0.2) is 0 Å². The molecular weight excluding hydrogens is 284 g/mol. The molecule has 3 N–H and O–H groups in total. The monoisotopic (exact) mass is 300 g/mol. The van der Waals surface area contributed by atoms with E-state index in [4.69, 9.17) is 5.73 Å². The summed E-state index contributed by atoms with van der Waals surface area (Å²) >= 11 is 3.26. The standard InChI is InChI=1S/C12H17BrN2O2/c1-8(2)15(7-12(14)17)6-9-3-4-11(16)10(13)5-9/h3-5,8,16H,6-7H2,1-2H3,(H2,14,17). The van der Waals surface area contributed by atoms with Crippen molar-refractivity contribution in [2.75, 3.05) is 6.54 Å². The van der Waals surface area contributed by atoms with Gasteiger partial charge in [-0.15, -0.1) is 0 Å². The van der Waals surface area contributed by atoms with Crippen LogP contribution in [0.3, 0.4) is 0 Å². The van der Waals surface area contributed by atoms with Gasteiger partial charge in [-0.3, -0.25) is 9.69 Å². The van der Waals surface area contributed by atoms with Gasteiger partial charge in [-0.05, 0) is 47.5 Å². The molecule has 0 unspecified atom stereocenters. The largest absolute Gasteiger partial charge is 0.507 e. The second-order valence-electron chi connectivity index (χ2n) is 4.25. The topological polar surface area (TPSA) is 66.6 Å². The molecule has 0 spiro atoms. The number of amides is 1. The van der Waals surface area contributed by atoms with Gasteiger partial charge in [0.15, 0.2) is 0 Å². The molecule has 1 aromatic rings. The highest BCUT2D eigenvalue weighted by Gasteiger charge is 2.13. The van der Waals surface area contributed by atoms with E-state index in [-0.39, 0.29) is 24.2 Å². The van der Waals surface area contributed by atoms with E-state index in [1.54, 1.807) is 6.07 Å². The SMILES string of the molecule is CC(C)N(CC(N)=O)Cc1ccc(O)c(Br)c1. The van der Waals surface area contributed by atoms with Gasteiger partial charge in [0.1, 0.15) is 5.75 Å². The van der Waals surface area contributed by atoms with Crippen LogP contribution in [0.1, 0.15) is 19.4 Å². The second kappa shape index (κ2) is 6.02.